The standard InChI is InChI=1S/C13H16N4O2/c14-10-2-4-12(16-8-10)18-6-1-7-19-13-5-3-11(15)9-17-13/h2-5,8-9H,1,6-7,14-15H2. The van der Waals surface area contributed by atoms with Gasteiger partial charge < -0.3 is 20.9 Å². The Bertz CT molecular complexity index is 452. The van der Waals surface area contributed by atoms with E-state index < -0.39 is 0 Å². The minimum Gasteiger partial charge on any atom is -0.478 e. The van der Waals surface area contributed by atoms with Gasteiger partial charge in [0.05, 0.1) is 37.0 Å². The normalized spacial score (nSPS) is 10.1. The third-order valence-electron chi connectivity index (χ3n) is 2.31. The number of aromatic nitrogens is 2. The highest BCUT2D eigenvalue weighted by Crippen LogP contribution is 2.10. The Morgan fingerprint density at radius 2 is 1.26 bits per heavy atom. The van der Waals surface area contributed by atoms with E-state index in [2.05, 4.69) is 9.97 Å². The van der Waals surface area contributed by atoms with E-state index in [1.807, 2.05) is 0 Å². The zero-order chi connectivity index (χ0) is 13.5. The van der Waals surface area contributed by atoms with Crippen molar-refractivity contribution in [1.82, 2.24) is 9.97 Å². The summed E-state index contributed by atoms with van der Waals surface area (Å²) in [5.41, 5.74) is 12.3. The highest BCUT2D eigenvalue weighted by Gasteiger charge is 1.97. The Hall–Kier alpha value is -2.50. The average Bonchev–Trinajstić information content (AvgIpc) is 2.43. The first-order chi connectivity index (χ1) is 9.24. The summed E-state index contributed by atoms with van der Waals surface area (Å²) in [6, 6.07) is 6.96. The number of pyridine rings is 2. The highest BCUT2D eigenvalue weighted by atomic mass is 16.5. The first-order valence-electron chi connectivity index (χ1n) is 5.93. The van der Waals surface area contributed by atoms with Crippen molar-refractivity contribution < 1.29 is 9.47 Å². The molecule has 19 heavy (non-hydrogen) atoms. The molecule has 2 aromatic heterocycles. The summed E-state index contributed by atoms with van der Waals surface area (Å²) in [5, 5.41) is 0. The van der Waals surface area contributed by atoms with Gasteiger partial charge >= 0.3 is 0 Å². The van der Waals surface area contributed by atoms with Crippen molar-refractivity contribution in [3.05, 3.63) is 36.7 Å². The number of nitrogens with two attached hydrogens (primary N) is 2. The second-order valence-electron chi connectivity index (χ2n) is 3.91. The third kappa shape index (κ3) is 4.34. The van der Waals surface area contributed by atoms with Gasteiger partial charge in [-0.25, -0.2) is 9.97 Å². The highest BCUT2D eigenvalue weighted by molar-refractivity contribution is 5.36. The molecular formula is C13H16N4O2. The molecule has 0 amide bonds. The van der Waals surface area contributed by atoms with Gasteiger partial charge in [0.25, 0.3) is 0 Å². The second kappa shape index (κ2) is 6.44. The summed E-state index contributed by atoms with van der Waals surface area (Å²) >= 11 is 0. The lowest BCUT2D eigenvalue weighted by molar-refractivity contribution is 0.237. The lowest BCUT2D eigenvalue weighted by Crippen LogP contribution is -2.06. The average molecular weight is 260 g/mol. The van der Waals surface area contributed by atoms with Crippen molar-refractivity contribution in [3.8, 4) is 11.8 Å². The molecule has 4 N–H and O–H groups in total. The van der Waals surface area contributed by atoms with Crippen molar-refractivity contribution in [3.63, 3.8) is 0 Å². The van der Waals surface area contributed by atoms with Crippen LogP contribution in [0.5, 0.6) is 11.8 Å². The lowest BCUT2D eigenvalue weighted by Gasteiger charge is -2.07. The first-order valence-corrected chi connectivity index (χ1v) is 5.93. The van der Waals surface area contributed by atoms with Crippen molar-refractivity contribution in [2.45, 2.75) is 6.42 Å². The van der Waals surface area contributed by atoms with Crippen LogP contribution in [-0.2, 0) is 0 Å². The molecule has 0 aromatic carbocycles. The van der Waals surface area contributed by atoms with Crippen molar-refractivity contribution in [1.29, 1.82) is 0 Å². The fraction of sp³-hybridized carbons (Fsp3) is 0.231. The fourth-order valence-electron chi connectivity index (χ4n) is 1.37. The number of rotatable bonds is 6. The van der Waals surface area contributed by atoms with E-state index in [1.165, 1.54) is 0 Å². The number of nitrogen functional groups attached to an aromatic ring is 2. The van der Waals surface area contributed by atoms with E-state index in [1.54, 1.807) is 36.7 Å². The van der Waals surface area contributed by atoms with Crippen LogP contribution < -0.4 is 20.9 Å². The monoisotopic (exact) mass is 260 g/mol. The molecule has 0 saturated carbocycles. The molecule has 2 rings (SSSR count). The van der Waals surface area contributed by atoms with Crippen LogP contribution >= 0.6 is 0 Å². The number of ether oxygens (including phenoxy) is 2. The van der Waals surface area contributed by atoms with Gasteiger partial charge in [0.15, 0.2) is 0 Å². The van der Waals surface area contributed by atoms with Crippen molar-refractivity contribution in [2.24, 2.45) is 0 Å². The van der Waals surface area contributed by atoms with Gasteiger partial charge in [0.1, 0.15) is 0 Å². The largest absolute Gasteiger partial charge is 0.478 e. The molecule has 6 nitrogen and oxygen atoms in total. The fourth-order valence-corrected chi connectivity index (χ4v) is 1.37. The Labute approximate surface area is 111 Å². The zero-order valence-electron chi connectivity index (χ0n) is 10.5. The van der Waals surface area contributed by atoms with Crippen LogP contribution in [0.4, 0.5) is 11.4 Å². The van der Waals surface area contributed by atoms with Crippen LogP contribution in [0.15, 0.2) is 36.7 Å². The van der Waals surface area contributed by atoms with Crippen molar-refractivity contribution in [2.75, 3.05) is 24.7 Å². The summed E-state index contributed by atoms with van der Waals surface area (Å²) in [7, 11) is 0. The Morgan fingerprint density at radius 1 is 0.789 bits per heavy atom. The number of anilines is 2. The van der Waals surface area contributed by atoms with Gasteiger partial charge in [-0.3, -0.25) is 0 Å². The molecule has 0 saturated heterocycles. The molecule has 0 unspecified atom stereocenters. The molecule has 6 heteroatoms. The maximum Gasteiger partial charge on any atom is 0.213 e. The van der Waals surface area contributed by atoms with Crippen LogP contribution in [0.1, 0.15) is 6.42 Å². The summed E-state index contributed by atoms with van der Waals surface area (Å²) < 4.78 is 10.9. The SMILES string of the molecule is Nc1ccc(OCCCOc2ccc(N)cn2)nc1. The second-order valence-corrected chi connectivity index (χ2v) is 3.91. The van der Waals surface area contributed by atoms with Gasteiger partial charge in [-0.1, -0.05) is 0 Å². The Balaban J connectivity index is 1.64. The smallest absolute Gasteiger partial charge is 0.213 e. The molecule has 0 aliphatic carbocycles. The van der Waals surface area contributed by atoms with Crippen LogP contribution in [0, 0.1) is 0 Å². The summed E-state index contributed by atoms with van der Waals surface area (Å²) in [5.74, 6) is 1.11. The van der Waals surface area contributed by atoms with Gasteiger partial charge in [0.2, 0.25) is 11.8 Å². The molecule has 0 aliphatic rings. The predicted molar refractivity (Wildman–Crippen MR) is 72.9 cm³/mol. The molecule has 0 radical (unpaired) electrons. The van der Waals surface area contributed by atoms with E-state index in [0.717, 1.165) is 6.42 Å². The molecule has 0 aliphatic heterocycles. The quantitative estimate of drug-likeness (QED) is 0.764. The van der Waals surface area contributed by atoms with E-state index in [9.17, 15) is 0 Å². The minimum atomic E-state index is 0.520. The van der Waals surface area contributed by atoms with Gasteiger partial charge in [-0.05, 0) is 12.1 Å². The van der Waals surface area contributed by atoms with Crippen LogP contribution in [0.25, 0.3) is 0 Å². The maximum absolute atomic E-state index is 5.52. The molecule has 0 atom stereocenters. The maximum atomic E-state index is 5.52. The van der Waals surface area contributed by atoms with Crippen LogP contribution in [-0.4, -0.2) is 23.2 Å². The van der Waals surface area contributed by atoms with Crippen LogP contribution in [0.2, 0.25) is 0 Å². The predicted octanol–water partition coefficient (Wildman–Crippen LogP) is 1.49. The molecule has 2 heterocycles. The summed E-state index contributed by atoms with van der Waals surface area (Å²) in [4.78, 5) is 8.06. The van der Waals surface area contributed by atoms with E-state index in [-0.39, 0.29) is 0 Å². The summed E-state index contributed by atoms with van der Waals surface area (Å²) in [6.07, 6.45) is 3.85. The third-order valence-corrected chi connectivity index (χ3v) is 2.31. The van der Waals surface area contributed by atoms with Gasteiger partial charge in [-0.2, -0.15) is 0 Å². The molecule has 0 bridgehead atoms. The van der Waals surface area contributed by atoms with E-state index in [0.29, 0.717) is 36.3 Å². The van der Waals surface area contributed by atoms with E-state index in [4.69, 9.17) is 20.9 Å². The first kappa shape index (κ1) is 12.9. The molecule has 100 valence electrons. The number of nitrogens with zero attached hydrogens (tertiary/aromatic N) is 2. The number of hydrogen-bond acceptors (Lipinski definition) is 6. The zero-order valence-corrected chi connectivity index (χ0v) is 10.5. The summed E-state index contributed by atoms with van der Waals surface area (Å²) in [6.45, 7) is 1.04. The Morgan fingerprint density at radius 3 is 1.63 bits per heavy atom. The molecule has 0 fully saturated rings. The van der Waals surface area contributed by atoms with Crippen molar-refractivity contribution >= 4 is 11.4 Å². The van der Waals surface area contributed by atoms with Crippen LogP contribution in [0.3, 0.4) is 0 Å². The van der Waals surface area contributed by atoms with E-state index >= 15 is 0 Å². The minimum absolute atomic E-state index is 0.520. The lowest BCUT2D eigenvalue weighted by atomic mass is 10.4. The number of hydrogen-bond donors (Lipinski definition) is 2. The molecular weight excluding hydrogens is 244 g/mol. The molecule has 0 spiro atoms. The Kier molecular flexibility index (Phi) is 4.39. The van der Waals surface area contributed by atoms with Gasteiger partial charge in [-0.15, -0.1) is 0 Å². The van der Waals surface area contributed by atoms with Gasteiger partial charge in [0, 0.05) is 18.6 Å². The topological polar surface area (TPSA) is 96.3 Å². The molecule has 2 aromatic rings.